The summed E-state index contributed by atoms with van der Waals surface area (Å²) in [6, 6.07) is 65.4. The van der Waals surface area contributed by atoms with E-state index >= 15 is 0 Å². The molecule has 0 N–H and O–H groups in total. The monoisotopic (exact) mass is 602 g/mol. The third-order valence-electron chi connectivity index (χ3n) is 9.18. The van der Waals surface area contributed by atoms with E-state index in [1.54, 1.807) is 0 Å². The van der Waals surface area contributed by atoms with Crippen LogP contribution in [0.3, 0.4) is 0 Å². The Labute approximate surface area is 270 Å². The summed E-state index contributed by atoms with van der Waals surface area (Å²) in [5, 5.41) is 7.80. The van der Waals surface area contributed by atoms with Crippen LogP contribution in [0.5, 0.6) is 0 Å². The molecule has 8 aromatic rings. The maximum atomic E-state index is 7.83. The van der Waals surface area contributed by atoms with Gasteiger partial charge in [-0.05, 0) is 44.5 Å². The van der Waals surface area contributed by atoms with E-state index in [4.69, 9.17) is 6.57 Å². The average molecular weight is 603 g/mol. The van der Waals surface area contributed by atoms with E-state index in [0.29, 0.717) is 5.69 Å². The largest absolute Gasteiger partial charge is 0.310 e. The molecule has 0 unspecified atom stereocenters. The first-order chi connectivity index (χ1) is 22.8. The number of aromatic nitrogens is 1. The fourth-order valence-electron chi connectivity index (χ4n) is 7.17. The average Bonchev–Trinajstić information content (AvgIpc) is 3.48. The Morgan fingerprint density at radius 2 is 0.870 bits per heavy atom. The van der Waals surface area contributed by atoms with Gasteiger partial charge >= 0.3 is 0 Å². The molecule has 0 spiro atoms. The van der Waals surface area contributed by atoms with Crippen LogP contribution in [-0.2, 0) is 0 Å². The lowest BCUT2D eigenvalue weighted by Gasteiger charge is -2.34. The highest BCUT2D eigenvalue weighted by Gasteiger charge is 2.41. The predicted octanol–water partition coefficient (Wildman–Crippen LogP) is 8.38. The third-order valence-corrected chi connectivity index (χ3v) is 14.0. The summed E-state index contributed by atoms with van der Waals surface area (Å²) < 4.78 is 2.32. The van der Waals surface area contributed by atoms with Crippen LogP contribution in [0.2, 0.25) is 0 Å². The van der Waals surface area contributed by atoms with Crippen LogP contribution in [0.15, 0.2) is 182 Å². The molecule has 0 aliphatic heterocycles. The Kier molecular flexibility index (Phi) is 6.91. The minimum atomic E-state index is -2.62. The minimum absolute atomic E-state index is 0.626. The van der Waals surface area contributed by atoms with E-state index in [-0.39, 0.29) is 0 Å². The number of para-hydroxylation sites is 2. The van der Waals surface area contributed by atoms with Crippen molar-refractivity contribution in [3.8, 4) is 16.8 Å². The molecule has 0 aliphatic carbocycles. The van der Waals surface area contributed by atoms with E-state index in [9.17, 15) is 0 Å². The second-order valence-corrected chi connectivity index (χ2v) is 15.4. The van der Waals surface area contributed by atoms with Crippen molar-refractivity contribution in [1.82, 2.24) is 4.57 Å². The van der Waals surface area contributed by atoms with Gasteiger partial charge in [0.25, 0.3) is 0 Å². The SMILES string of the molecule is [C-]#[N+]c1ccc(-c2ccc([Si](c3ccccc3)(c3ccccc3)c3ccccc3)cc2)c(-n2c3ccccc3c3ccccc32)c1. The first-order valence-electron chi connectivity index (χ1n) is 15.6. The van der Waals surface area contributed by atoms with Gasteiger partial charge in [0.15, 0.2) is 13.8 Å². The lowest BCUT2D eigenvalue weighted by atomic mass is 10.0. The summed E-state index contributed by atoms with van der Waals surface area (Å²) in [6.45, 7) is 7.83. The Bertz CT molecular complexity index is 2200. The molecule has 0 saturated carbocycles. The molecule has 7 aromatic carbocycles. The Balaban J connectivity index is 1.36. The van der Waals surface area contributed by atoms with Crippen molar-refractivity contribution in [2.75, 3.05) is 0 Å². The summed E-state index contributed by atoms with van der Waals surface area (Å²) in [4.78, 5) is 3.83. The van der Waals surface area contributed by atoms with E-state index < -0.39 is 8.07 Å². The fraction of sp³-hybridized carbons (Fsp3) is 0. The molecule has 0 saturated heterocycles. The van der Waals surface area contributed by atoms with Gasteiger partial charge in [-0.15, -0.1) is 0 Å². The summed E-state index contributed by atoms with van der Waals surface area (Å²) in [7, 11) is -2.62. The van der Waals surface area contributed by atoms with Gasteiger partial charge in [0.2, 0.25) is 0 Å². The zero-order valence-electron chi connectivity index (χ0n) is 25.2. The second-order valence-electron chi connectivity index (χ2n) is 11.6. The van der Waals surface area contributed by atoms with Gasteiger partial charge in [0.1, 0.15) is 0 Å². The van der Waals surface area contributed by atoms with E-state index in [1.165, 1.54) is 31.5 Å². The number of benzene rings is 7. The molecule has 2 nitrogen and oxygen atoms in total. The van der Waals surface area contributed by atoms with Gasteiger partial charge in [-0.2, -0.15) is 0 Å². The molecule has 0 radical (unpaired) electrons. The molecule has 216 valence electrons. The Morgan fingerprint density at radius 3 is 1.35 bits per heavy atom. The number of hydrogen-bond donors (Lipinski definition) is 0. The number of rotatable bonds is 6. The second kappa shape index (κ2) is 11.5. The van der Waals surface area contributed by atoms with Crippen molar-refractivity contribution in [3.05, 3.63) is 193 Å². The Morgan fingerprint density at radius 1 is 0.435 bits per heavy atom. The van der Waals surface area contributed by atoms with Crippen molar-refractivity contribution in [2.24, 2.45) is 0 Å². The zero-order valence-corrected chi connectivity index (χ0v) is 26.2. The van der Waals surface area contributed by atoms with Crippen molar-refractivity contribution < 1.29 is 0 Å². The summed E-state index contributed by atoms with van der Waals surface area (Å²) >= 11 is 0. The van der Waals surface area contributed by atoms with Crippen LogP contribution >= 0.6 is 0 Å². The van der Waals surface area contributed by atoms with Crippen LogP contribution in [0.4, 0.5) is 5.69 Å². The van der Waals surface area contributed by atoms with Gasteiger partial charge in [-0.25, -0.2) is 4.85 Å². The summed E-state index contributed by atoms with van der Waals surface area (Å²) in [6.07, 6.45) is 0. The normalized spacial score (nSPS) is 11.5. The first-order valence-corrected chi connectivity index (χ1v) is 17.6. The standard InChI is InChI=1S/C43H30N2Si/c1-44-33-27-30-38(43(31-33)45-41-23-13-11-21-39(41)40-22-12-14-24-42(40)45)32-25-28-37(29-26-32)46(34-15-5-2-6-16-34,35-17-7-3-8-18-35)36-19-9-4-10-20-36/h2-31H. The molecular weight excluding hydrogens is 573 g/mol. The fourth-order valence-corrected chi connectivity index (χ4v) is 11.9. The zero-order chi connectivity index (χ0) is 30.9. The van der Waals surface area contributed by atoms with E-state index in [2.05, 4.69) is 179 Å². The topological polar surface area (TPSA) is 9.29 Å². The summed E-state index contributed by atoms with van der Waals surface area (Å²) in [5.41, 5.74) is 6.11. The molecule has 0 bridgehead atoms. The van der Waals surface area contributed by atoms with Gasteiger partial charge in [0.05, 0.1) is 17.6 Å². The predicted molar refractivity (Wildman–Crippen MR) is 196 cm³/mol. The highest BCUT2D eigenvalue weighted by atomic mass is 28.3. The molecule has 46 heavy (non-hydrogen) atoms. The van der Waals surface area contributed by atoms with Gasteiger partial charge in [-0.3, -0.25) is 0 Å². The van der Waals surface area contributed by atoms with Crippen molar-refractivity contribution >= 4 is 56.3 Å². The Hall–Kier alpha value is -5.95. The van der Waals surface area contributed by atoms with Crippen LogP contribution < -0.4 is 20.7 Å². The third kappa shape index (κ3) is 4.39. The van der Waals surface area contributed by atoms with Crippen LogP contribution in [-0.4, -0.2) is 12.6 Å². The van der Waals surface area contributed by atoms with Crippen LogP contribution in [0.25, 0.3) is 43.5 Å². The molecule has 0 amide bonds. The molecule has 3 heteroatoms. The first kappa shape index (κ1) is 27.6. The highest BCUT2D eigenvalue weighted by molar-refractivity contribution is 7.19. The highest BCUT2D eigenvalue weighted by Crippen LogP contribution is 2.37. The molecule has 0 aliphatic rings. The van der Waals surface area contributed by atoms with Crippen molar-refractivity contribution in [1.29, 1.82) is 0 Å². The van der Waals surface area contributed by atoms with Gasteiger partial charge in [-0.1, -0.05) is 164 Å². The minimum Gasteiger partial charge on any atom is -0.310 e. The van der Waals surface area contributed by atoms with Crippen LogP contribution in [0.1, 0.15) is 0 Å². The molecular formula is C43H30N2Si. The summed E-state index contributed by atoms with van der Waals surface area (Å²) in [5.74, 6) is 0. The molecule has 1 heterocycles. The maximum absolute atomic E-state index is 7.83. The lowest BCUT2D eigenvalue weighted by molar-refractivity contribution is 1.18. The van der Waals surface area contributed by atoms with E-state index in [0.717, 1.165) is 27.8 Å². The van der Waals surface area contributed by atoms with Gasteiger partial charge < -0.3 is 4.57 Å². The van der Waals surface area contributed by atoms with Gasteiger partial charge in [0, 0.05) is 22.0 Å². The van der Waals surface area contributed by atoms with E-state index in [1.807, 2.05) is 12.1 Å². The lowest BCUT2D eigenvalue weighted by Crippen LogP contribution is -2.74. The molecule has 0 atom stereocenters. The van der Waals surface area contributed by atoms with Crippen LogP contribution in [0, 0.1) is 6.57 Å². The smallest absolute Gasteiger partial charge is 0.189 e. The maximum Gasteiger partial charge on any atom is 0.189 e. The number of hydrogen-bond acceptors (Lipinski definition) is 0. The van der Waals surface area contributed by atoms with Crippen molar-refractivity contribution in [2.45, 2.75) is 0 Å². The molecule has 0 fully saturated rings. The number of fused-ring (bicyclic) bond motifs is 3. The number of nitrogens with zero attached hydrogens (tertiary/aromatic N) is 2. The quantitative estimate of drug-likeness (QED) is 0.103. The molecule has 8 rings (SSSR count). The molecule has 1 aromatic heterocycles. The van der Waals surface area contributed by atoms with Crippen molar-refractivity contribution in [3.63, 3.8) is 0 Å².